The van der Waals surface area contributed by atoms with E-state index in [0.717, 1.165) is 38.0 Å². The first-order valence-electron chi connectivity index (χ1n) is 7.67. The van der Waals surface area contributed by atoms with Crippen LogP contribution in [-0.4, -0.2) is 50.2 Å². The van der Waals surface area contributed by atoms with Crippen LogP contribution in [0.4, 0.5) is 0 Å². The molecule has 0 aromatic heterocycles. The van der Waals surface area contributed by atoms with Crippen molar-refractivity contribution in [2.24, 2.45) is 0 Å². The molecule has 0 aliphatic carbocycles. The van der Waals surface area contributed by atoms with Crippen LogP contribution in [0.2, 0.25) is 10.0 Å². The molecule has 1 fully saturated rings. The molecule has 0 saturated carbocycles. The van der Waals surface area contributed by atoms with Crippen molar-refractivity contribution >= 4 is 23.2 Å². The maximum atomic E-state index is 9.84. The van der Waals surface area contributed by atoms with Crippen LogP contribution >= 0.6 is 23.2 Å². The Bertz CT molecular complexity index is 453. The van der Waals surface area contributed by atoms with Crippen LogP contribution in [0.5, 0.6) is 0 Å². The van der Waals surface area contributed by atoms with Crippen molar-refractivity contribution in [2.45, 2.75) is 31.5 Å². The fraction of sp³-hybridized carbons (Fsp3) is 0.625. The molecule has 1 aromatic carbocycles. The second kappa shape index (κ2) is 9.71. The summed E-state index contributed by atoms with van der Waals surface area (Å²) in [6.07, 6.45) is 2.63. The molecule has 0 radical (unpaired) electrons. The minimum absolute atomic E-state index is 0.201. The number of hydrogen-bond donors (Lipinski definition) is 2. The molecule has 0 spiro atoms. The van der Waals surface area contributed by atoms with Gasteiger partial charge in [-0.05, 0) is 43.5 Å². The third-order valence-corrected chi connectivity index (χ3v) is 4.19. The second-order valence-corrected chi connectivity index (χ2v) is 6.36. The summed E-state index contributed by atoms with van der Waals surface area (Å²) in [5.74, 6) is 0. The van der Waals surface area contributed by atoms with Crippen molar-refractivity contribution < 1.29 is 14.6 Å². The highest BCUT2D eigenvalue weighted by Crippen LogP contribution is 2.21. The molecule has 22 heavy (non-hydrogen) atoms. The van der Waals surface area contributed by atoms with Crippen molar-refractivity contribution in [3.8, 4) is 0 Å². The van der Waals surface area contributed by atoms with E-state index in [2.05, 4.69) is 5.32 Å². The maximum absolute atomic E-state index is 9.84. The van der Waals surface area contributed by atoms with Gasteiger partial charge in [0.2, 0.25) is 0 Å². The zero-order valence-electron chi connectivity index (χ0n) is 12.6. The predicted octanol–water partition coefficient (Wildman–Crippen LogP) is 2.68. The Morgan fingerprint density at radius 1 is 1.41 bits per heavy atom. The zero-order valence-corrected chi connectivity index (χ0v) is 14.1. The molecule has 1 saturated heterocycles. The summed E-state index contributed by atoms with van der Waals surface area (Å²) in [4.78, 5) is 0. The fourth-order valence-corrected chi connectivity index (χ4v) is 2.89. The van der Waals surface area contributed by atoms with Crippen LogP contribution in [0.3, 0.4) is 0 Å². The van der Waals surface area contributed by atoms with Gasteiger partial charge < -0.3 is 19.9 Å². The maximum Gasteiger partial charge on any atom is 0.0897 e. The molecule has 2 rings (SSSR count). The topological polar surface area (TPSA) is 50.7 Å². The van der Waals surface area contributed by atoms with Crippen LogP contribution in [0.25, 0.3) is 0 Å². The predicted molar refractivity (Wildman–Crippen MR) is 88.8 cm³/mol. The summed E-state index contributed by atoms with van der Waals surface area (Å²) in [5.41, 5.74) is 1.04. The molecule has 1 heterocycles. The highest BCUT2D eigenvalue weighted by molar-refractivity contribution is 6.35. The summed E-state index contributed by atoms with van der Waals surface area (Å²) in [6.45, 7) is 2.96. The van der Waals surface area contributed by atoms with E-state index >= 15 is 0 Å². The first-order chi connectivity index (χ1) is 10.6. The number of nitrogens with one attached hydrogen (secondary N) is 1. The van der Waals surface area contributed by atoms with E-state index in [4.69, 9.17) is 32.7 Å². The summed E-state index contributed by atoms with van der Waals surface area (Å²) in [7, 11) is 0. The number of aliphatic hydroxyl groups excluding tert-OH is 1. The lowest BCUT2D eigenvalue weighted by Gasteiger charge is -2.14. The van der Waals surface area contributed by atoms with Gasteiger partial charge in [0, 0.05) is 23.2 Å². The number of halogens is 2. The Kier molecular flexibility index (Phi) is 7.94. The SMILES string of the molecule is O[C@@H](CNCCc1ccc(Cl)cc1Cl)COC[C@@H]1CCCO1. The summed E-state index contributed by atoms with van der Waals surface area (Å²) in [5, 5.41) is 14.4. The Morgan fingerprint density at radius 2 is 2.27 bits per heavy atom. The summed E-state index contributed by atoms with van der Waals surface area (Å²) >= 11 is 12.0. The van der Waals surface area contributed by atoms with Gasteiger partial charge in [-0.15, -0.1) is 0 Å². The molecule has 0 unspecified atom stereocenters. The van der Waals surface area contributed by atoms with Crippen LogP contribution < -0.4 is 5.32 Å². The average Bonchev–Trinajstić information content (AvgIpc) is 2.99. The Hall–Kier alpha value is -0.360. The standard InChI is InChI=1S/C16H23Cl2NO3/c17-13-4-3-12(16(18)8-13)5-6-19-9-14(20)10-21-11-15-2-1-7-22-15/h3-4,8,14-15,19-20H,1-2,5-7,9-11H2/t14-,15-/m0/s1. The average molecular weight is 348 g/mol. The fourth-order valence-electron chi connectivity index (χ4n) is 2.39. The largest absolute Gasteiger partial charge is 0.389 e. The third kappa shape index (κ3) is 6.41. The molecule has 4 nitrogen and oxygen atoms in total. The highest BCUT2D eigenvalue weighted by atomic mass is 35.5. The second-order valence-electron chi connectivity index (χ2n) is 5.52. The van der Waals surface area contributed by atoms with E-state index in [0.29, 0.717) is 29.8 Å². The van der Waals surface area contributed by atoms with Crippen LogP contribution in [0, 0.1) is 0 Å². The van der Waals surface area contributed by atoms with E-state index in [-0.39, 0.29) is 6.10 Å². The van der Waals surface area contributed by atoms with Gasteiger partial charge in [0.15, 0.2) is 0 Å². The van der Waals surface area contributed by atoms with Crippen molar-refractivity contribution in [1.82, 2.24) is 5.32 Å². The molecular formula is C16H23Cl2NO3. The quantitative estimate of drug-likeness (QED) is 0.674. The first-order valence-corrected chi connectivity index (χ1v) is 8.43. The number of rotatable bonds is 9. The molecule has 2 N–H and O–H groups in total. The van der Waals surface area contributed by atoms with Crippen molar-refractivity contribution in [3.63, 3.8) is 0 Å². The lowest BCUT2D eigenvalue weighted by Crippen LogP contribution is -2.32. The van der Waals surface area contributed by atoms with Gasteiger partial charge in [-0.3, -0.25) is 0 Å². The van der Waals surface area contributed by atoms with Gasteiger partial charge in [0.1, 0.15) is 0 Å². The zero-order chi connectivity index (χ0) is 15.8. The molecular weight excluding hydrogens is 325 g/mol. The Balaban J connectivity index is 1.53. The van der Waals surface area contributed by atoms with Crippen LogP contribution in [-0.2, 0) is 15.9 Å². The normalized spacial score (nSPS) is 19.5. The minimum Gasteiger partial charge on any atom is -0.389 e. The van der Waals surface area contributed by atoms with Gasteiger partial charge in [0.25, 0.3) is 0 Å². The van der Waals surface area contributed by atoms with Gasteiger partial charge in [-0.2, -0.15) is 0 Å². The number of ether oxygens (including phenoxy) is 2. The van der Waals surface area contributed by atoms with Gasteiger partial charge in [0.05, 0.1) is 25.4 Å². The lowest BCUT2D eigenvalue weighted by atomic mass is 10.1. The Labute approximate surface area is 141 Å². The molecule has 1 aromatic rings. The molecule has 0 bridgehead atoms. The van der Waals surface area contributed by atoms with Crippen molar-refractivity contribution in [1.29, 1.82) is 0 Å². The molecule has 6 heteroatoms. The van der Waals surface area contributed by atoms with E-state index in [1.165, 1.54) is 0 Å². The highest BCUT2D eigenvalue weighted by Gasteiger charge is 2.16. The molecule has 124 valence electrons. The lowest BCUT2D eigenvalue weighted by molar-refractivity contribution is -0.0163. The van der Waals surface area contributed by atoms with E-state index in [9.17, 15) is 5.11 Å². The van der Waals surface area contributed by atoms with E-state index in [1.54, 1.807) is 6.07 Å². The summed E-state index contributed by atoms with van der Waals surface area (Å²) < 4.78 is 10.9. The van der Waals surface area contributed by atoms with E-state index in [1.807, 2.05) is 12.1 Å². The number of aliphatic hydroxyl groups is 1. The number of benzene rings is 1. The van der Waals surface area contributed by atoms with Gasteiger partial charge >= 0.3 is 0 Å². The smallest absolute Gasteiger partial charge is 0.0897 e. The number of hydrogen-bond acceptors (Lipinski definition) is 4. The minimum atomic E-state index is -0.512. The van der Waals surface area contributed by atoms with Crippen molar-refractivity contribution in [2.75, 3.05) is 32.9 Å². The van der Waals surface area contributed by atoms with Crippen molar-refractivity contribution in [3.05, 3.63) is 33.8 Å². The molecule has 1 aliphatic rings. The monoisotopic (exact) mass is 347 g/mol. The third-order valence-electron chi connectivity index (χ3n) is 3.60. The summed E-state index contributed by atoms with van der Waals surface area (Å²) in [6, 6.07) is 5.50. The Morgan fingerprint density at radius 3 is 3.00 bits per heavy atom. The first kappa shape index (κ1) is 18.0. The van der Waals surface area contributed by atoms with Gasteiger partial charge in [-0.1, -0.05) is 29.3 Å². The van der Waals surface area contributed by atoms with Crippen LogP contribution in [0.1, 0.15) is 18.4 Å². The van der Waals surface area contributed by atoms with Crippen LogP contribution in [0.15, 0.2) is 18.2 Å². The molecule has 1 aliphatic heterocycles. The van der Waals surface area contributed by atoms with E-state index < -0.39 is 6.10 Å². The molecule has 0 amide bonds. The van der Waals surface area contributed by atoms with Gasteiger partial charge in [-0.25, -0.2) is 0 Å². The molecule has 2 atom stereocenters.